The van der Waals surface area contributed by atoms with E-state index in [1.807, 2.05) is 18.2 Å². The van der Waals surface area contributed by atoms with Crippen molar-refractivity contribution >= 4 is 6.09 Å². The van der Waals surface area contributed by atoms with E-state index in [0.29, 0.717) is 30.9 Å². The third kappa shape index (κ3) is 6.23. The number of nitriles is 1. The van der Waals surface area contributed by atoms with Gasteiger partial charge in [-0.25, -0.2) is 4.79 Å². The molecule has 29 heavy (non-hydrogen) atoms. The molecule has 1 heterocycles. The summed E-state index contributed by atoms with van der Waals surface area (Å²) >= 11 is 0. The minimum absolute atomic E-state index is 0.0643. The second-order valence-corrected chi connectivity index (χ2v) is 7.31. The van der Waals surface area contributed by atoms with E-state index in [1.165, 1.54) is 5.56 Å². The minimum Gasteiger partial charge on any atom is -0.494 e. The first-order chi connectivity index (χ1) is 14.2. The number of hydrogen-bond donors (Lipinski definition) is 1. The molecular weight excluding hydrogens is 366 g/mol. The minimum atomic E-state index is -0.857. The highest BCUT2D eigenvalue weighted by Gasteiger charge is 2.27. The quantitative estimate of drug-likeness (QED) is 0.687. The topological polar surface area (TPSA) is 76.8 Å². The molecule has 0 aromatic heterocycles. The van der Waals surface area contributed by atoms with Crippen LogP contribution < -0.4 is 4.74 Å². The van der Waals surface area contributed by atoms with Crippen LogP contribution in [0, 0.1) is 11.3 Å². The molecule has 0 bridgehead atoms. The van der Waals surface area contributed by atoms with Crippen LogP contribution in [0.4, 0.5) is 4.79 Å². The van der Waals surface area contributed by atoms with E-state index in [4.69, 9.17) is 10.00 Å². The highest BCUT2D eigenvalue weighted by Crippen LogP contribution is 2.19. The highest BCUT2D eigenvalue weighted by molar-refractivity contribution is 5.65. The molecule has 0 unspecified atom stereocenters. The van der Waals surface area contributed by atoms with E-state index >= 15 is 0 Å². The number of carboxylic acid groups (broad SMARTS) is 1. The molecule has 1 fully saturated rings. The van der Waals surface area contributed by atoms with Crippen LogP contribution in [-0.2, 0) is 6.54 Å². The molecule has 0 atom stereocenters. The first kappa shape index (κ1) is 20.7. The molecule has 6 heteroatoms. The number of hydrogen-bond acceptors (Lipinski definition) is 4. The summed E-state index contributed by atoms with van der Waals surface area (Å²) in [6, 6.07) is 19.5. The summed E-state index contributed by atoms with van der Waals surface area (Å²) in [5.74, 6) is 0.695. The molecule has 152 valence electrons. The Labute approximate surface area is 171 Å². The molecule has 1 amide bonds. The van der Waals surface area contributed by atoms with Crippen molar-refractivity contribution in [1.82, 2.24) is 9.80 Å². The van der Waals surface area contributed by atoms with Gasteiger partial charge in [0.1, 0.15) is 5.75 Å². The van der Waals surface area contributed by atoms with E-state index in [1.54, 1.807) is 29.2 Å². The Morgan fingerprint density at radius 3 is 2.45 bits per heavy atom. The number of piperidine rings is 1. The monoisotopic (exact) mass is 393 g/mol. The maximum atomic E-state index is 11.7. The Morgan fingerprint density at radius 2 is 1.83 bits per heavy atom. The standard InChI is InChI=1S/C23H27N3O3/c24-17-19-7-9-22(10-8-19)29-16-4-13-26(23(27)28)21-11-14-25(15-12-21)18-20-5-2-1-3-6-20/h1-3,5-10,21H,4,11-16,18H2,(H,27,28). The lowest BCUT2D eigenvalue weighted by molar-refractivity contribution is 0.0855. The van der Waals surface area contributed by atoms with Crippen LogP contribution in [0.25, 0.3) is 0 Å². The Balaban J connectivity index is 1.41. The first-order valence-corrected chi connectivity index (χ1v) is 10.0. The molecule has 3 rings (SSSR count). The van der Waals surface area contributed by atoms with Gasteiger partial charge in [-0.15, -0.1) is 0 Å². The molecule has 1 aliphatic heterocycles. The van der Waals surface area contributed by atoms with Gasteiger partial charge in [0.2, 0.25) is 0 Å². The van der Waals surface area contributed by atoms with Crippen molar-refractivity contribution in [2.24, 2.45) is 0 Å². The second kappa shape index (κ2) is 10.5. The number of ether oxygens (including phenoxy) is 1. The molecule has 0 aliphatic carbocycles. The summed E-state index contributed by atoms with van der Waals surface area (Å²) in [6.45, 7) is 3.65. The number of nitrogens with zero attached hydrogens (tertiary/aromatic N) is 3. The van der Waals surface area contributed by atoms with Crippen molar-refractivity contribution < 1.29 is 14.6 Å². The molecule has 2 aromatic carbocycles. The van der Waals surface area contributed by atoms with Crippen LogP contribution in [0.15, 0.2) is 54.6 Å². The van der Waals surface area contributed by atoms with Crippen molar-refractivity contribution in [2.75, 3.05) is 26.2 Å². The van der Waals surface area contributed by atoms with Gasteiger partial charge in [0.25, 0.3) is 0 Å². The normalized spacial score (nSPS) is 14.9. The van der Waals surface area contributed by atoms with Crippen LogP contribution in [0.1, 0.15) is 30.4 Å². The summed E-state index contributed by atoms with van der Waals surface area (Å²) in [6.07, 6.45) is 1.49. The Morgan fingerprint density at radius 1 is 1.14 bits per heavy atom. The third-order valence-electron chi connectivity index (χ3n) is 5.29. The molecular formula is C23H27N3O3. The van der Waals surface area contributed by atoms with E-state index in [-0.39, 0.29) is 6.04 Å². The number of rotatable bonds is 8. The fourth-order valence-corrected chi connectivity index (χ4v) is 3.72. The van der Waals surface area contributed by atoms with Gasteiger partial charge in [0, 0.05) is 32.2 Å². The fraction of sp³-hybridized carbons (Fsp3) is 0.391. The van der Waals surface area contributed by atoms with Crippen molar-refractivity contribution in [3.8, 4) is 11.8 Å². The number of likely N-dealkylation sites (tertiary alicyclic amines) is 1. The Kier molecular flexibility index (Phi) is 7.48. The lowest BCUT2D eigenvalue weighted by Gasteiger charge is -2.37. The summed E-state index contributed by atoms with van der Waals surface area (Å²) in [5.41, 5.74) is 1.88. The summed E-state index contributed by atoms with van der Waals surface area (Å²) in [5, 5.41) is 18.5. The molecule has 1 N–H and O–H groups in total. The van der Waals surface area contributed by atoms with E-state index in [9.17, 15) is 9.90 Å². The van der Waals surface area contributed by atoms with Gasteiger partial charge in [0.15, 0.2) is 0 Å². The average molecular weight is 393 g/mol. The van der Waals surface area contributed by atoms with Crippen molar-refractivity contribution in [2.45, 2.75) is 31.8 Å². The van der Waals surface area contributed by atoms with Crippen molar-refractivity contribution in [3.05, 3.63) is 65.7 Å². The predicted octanol–water partition coefficient (Wildman–Crippen LogP) is 3.97. The summed E-state index contributed by atoms with van der Waals surface area (Å²) < 4.78 is 5.67. The summed E-state index contributed by atoms with van der Waals surface area (Å²) in [7, 11) is 0. The molecule has 1 saturated heterocycles. The zero-order valence-electron chi connectivity index (χ0n) is 16.5. The molecule has 0 saturated carbocycles. The van der Waals surface area contributed by atoms with Gasteiger partial charge in [-0.1, -0.05) is 30.3 Å². The third-order valence-corrected chi connectivity index (χ3v) is 5.29. The van der Waals surface area contributed by atoms with E-state index < -0.39 is 6.09 Å². The fourth-order valence-electron chi connectivity index (χ4n) is 3.72. The van der Waals surface area contributed by atoms with Gasteiger partial charge < -0.3 is 14.7 Å². The SMILES string of the molecule is N#Cc1ccc(OCCCN(C(=O)O)C2CCN(Cc3ccccc3)CC2)cc1. The first-order valence-electron chi connectivity index (χ1n) is 10.0. The maximum absolute atomic E-state index is 11.7. The Bertz CT molecular complexity index is 810. The van der Waals surface area contributed by atoms with E-state index in [0.717, 1.165) is 32.5 Å². The molecule has 2 aromatic rings. The van der Waals surface area contributed by atoms with Crippen LogP contribution in [0.2, 0.25) is 0 Å². The number of amides is 1. The second-order valence-electron chi connectivity index (χ2n) is 7.31. The van der Waals surface area contributed by atoms with Crippen LogP contribution in [0.3, 0.4) is 0 Å². The lowest BCUT2D eigenvalue weighted by atomic mass is 10.0. The largest absolute Gasteiger partial charge is 0.494 e. The van der Waals surface area contributed by atoms with Crippen LogP contribution >= 0.6 is 0 Å². The van der Waals surface area contributed by atoms with E-state index in [2.05, 4.69) is 23.1 Å². The lowest BCUT2D eigenvalue weighted by Crippen LogP contribution is -2.47. The number of carbonyl (C=O) groups is 1. The molecule has 1 aliphatic rings. The zero-order chi connectivity index (χ0) is 20.5. The molecule has 0 radical (unpaired) electrons. The van der Waals surface area contributed by atoms with Gasteiger partial charge >= 0.3 is 6.09 Å². The summed E-state index contributed by atoms with van der Waals surface area (Å²) in [4.78, 5) is 15.7. The van der Waals surface area contributed by atoms with Gasteiger partial charge in [-0.05, 0) is 49.1 Å². The predicted molar refractivity (Wildman–Crippen MR) is 111 cm³/mol. The Hall–Kier alpha value is -3.04. The molecule has 0 spiro atoms. The van der Waals surface area contributed by atoms with Crippen molar-refractivity contribution in [1.29, 1.82) is 5.26 Å². The van der Waals surface area contributed by atoms with Gasteiger partial charge in [-0.2, -0.15) is 5.26 Å². The molecule has 6 nitrogen and oxygen atoms in total. The van der Waals surface area contributed by atoms with Crippen LogP contribution in [-0.4, -0.2) is 53.3 Å². The highest BCUT2D eigenvalue weighted by atomic mass is 16.5. The number of benzene rings is 2. The van der Waals surface area contributed by atoms with Crippen molar-refractivity contribution in [3.63, 3.8) is 0 Å². The smallest absolute Gasteiger partial charge is 0.407 e. The van der Waals surface area contributed by atoms with Gasteiger partial charge in [-0.3, -0.25) is 4.90 Å². The maximum Gasteiger partial charge on any atom is 0.407 e. The average Bonchev–Trinajstić information content (AvgIpc) is 2.75. The van der Waals surface area contributed by atoms with Crippen LogP contribution in [0.5, 0.6) is 5.75 Å². The van der Waals surface area contributed by atoms with Gasteiger partial charge in [0.05, 0.1) is 18.2 Å². The zero-order valence-corrected chi connectivity index (χ0v) is 16.5.